The number of ether oxygens (including phenoxy) is 1. The first-order valence-electron chi connectivity index (χ1n) is 12.6. The van der Waals surface area contributed by atoms with E-state index in [1.54, 1.807) is 4.90 Å². The van der Waals surface area contributed by atoms with Crippen LogP contribution in [0.3, 0.4) is 0 Å². The second-order valence-corrected chi connectivity index (χ2v) is 10.3. The number of carbonyl (C=O) groups is 2. The van der Waals surface area contributed by atoms with Gasteiger partial charge in [0.25, 0.3) is 5.91 Å². The van der Waals surface area contributed by atoms with E-state index in [2.05, 4.69) is 21.2 Å². The Balaban J connectivity index is 1.61. The molecule has 0 aromatic heterocycles. The van der Waals surface area contributed by atoms with Crippen molar-refractivity contribution in [2.75, 3.05) is 6.61 Å². The lowest BCUT2D eigenvalue weighted by atomic mass is 10.0. The molecule has 0 spiro atoms. The summed E-state index contributed by atoms with van der Waals surface area (Å²) < 4.78 is 6.78. The van der Waals surface area contributed by atoms with Crippen LogP contribution in [0.25, 0.3) is 0 Å². The molecular weight excluding hydrogens is 516 g/mol. The average molecular weight is 550 g/mol. The van der Waals surface area contributed by atoms with Crippen molar-refractivity contribution in [3.8, 4) is 5.75 Å². The molecule has 3 aromatic carbocycles. The summed E-state index contributed by atoms with van der Waals surface area (Å²) in [6, 6.07) is 24.8. The predicted octanol–water partition coefficient (Wildman–Crippen LogP) is 5.84. The Hall–Kier alpha value is -3.12. The first kappa shape index (κ1) is 26.0. The van der Waals surface area contributed by atoms with E-state index in [0.717, 1.165) is 46.8 Å². The van der Waals surface area contributed by atoms with Crippen LogP contribution in [0.15, 0.2) is 83.3 Å². The van der Waals surface area contributed by atoms with Gasteiger partial charge in [-0.15, -0.1) is 0 Å². The molecule has 1 aliphatic rings. The number of rotatable bonds is 10. The molecule has 0 heterocycles. The minimum Gasteiger partial charge on any atom is -0.484 e. The fourth-order valence-electron chi connectivity index (χ4n) is 4.65. The molecule has 1 atom stereocenters. The number of nitrogens with one attached hydrogen (secondary N) is 1. The summed E-state index contributed by atoms with van der Waals surface area (Å²) in [5, 5.41) is 3.24. The van der Waals surface area contributed by atoms with Crippen LogP contribution in [0.1, 0.15) is 42.4 Å². The smallest absolute Gasteiger partial charge is 0.261 e. The Bertz CT molecular complexity index is 1140. The van der Waals surface area contributed by atoms with Gasteiger partial charge in [0.1, 0.15) is 11.8 Å². The molecule has 3 aromatic rings. The fourth-order valence-corrected chi connectivity index (χ4v) is 4.92. The van der Waals surface area contributed by atoms with E-state index in [0.29, 0.717) is 18.7 Å². The zero-order valence-electron chi connectivity index (χ0n) is 20.7. The summed E-state index contributed by atoms with van der Waals surface area (Å²) in [5.74, 6) is 0.289. The quantitative estimate of drug-likeness (QED) is 0.346. The molecule has 0 unspecified atom stereocenters. The predicted molar refractivity (Wildman–Crippen MR) is 146 cm³/mol. The second kappa shape index (κ2) is 12.7. The summed E-state index contributed by atoms with van der Waals surface area (Å²) in [4.78, 5) is 29.1. The van der Waals surface area contributed by atoms with Gasteiger partial charge in [-0.3, -0.25) is 9.59 Å². The van der Waals surface area contributed by atoms with Crippen molar-refractivity contribution in [1.29, 1.82) is 0 Å². The molecule has 0 aliphatic heterocycles. The number of nitrogens with zero attached hydrogens (tertiary/aromatic N) is 1. The Labute approximate surface area is 222 Å². The molecule has 6 heteroatoms. The Morgan fingerprint density at radius 2 is 1.64 bits per heavy atom. The standard InChI is InChI=1S/C30H33BrN2O3/c1-22-9-5-6-12-24(22)20-33(29(34)21-36-27-17-15-25(31)16-18-27)28(19-23-10-3-2-4-11-23)30(35)32-26-13-7-8-14-26/h2-6,9-12,15-18,26,28H,7-8,13-14,19-21H2,1H3,(H,32,35)/t28-/m1/s1. The molecule has 1 aliphatic carbocycles. The van der Waals surface area contributed by atoms with Gasteiger partial charge in [0.2, 0.25) is 5.91 Å². The molecule has 36 heavy (non-hydrogen) atoms. The third-order valence-corrected chi connectivity index (χ3v) is 7.28. The minimum atomic E-state index is -0.645. The lowest BCUT2D eigenvalue weighted by Crippen LogP contribution is -2.53. The number of hydrogen-bond acceptors (Lipinski definition) is 3. The molecule has 1 fully saturated rings. The molecule has 2 amide bonds. The monoisotopic (exact) mass is 548 g/mol. The first-order valence-corrected chi connectivity index (χ1v) is 13.4. The van der Waals surface area contributed by atoms with Crippen LogP contribution in [0, 0.1) is 6.92 Å². The molecular formula is C30H33BrN2O3. The van der Waals surface area contributed by atoms with Gasteiger partial charge in [-0.2, -0.15) is 0 Å². The molecule has 0 bridgehead atoms. The molecule has 4 rings (SSSR count). The van der Waals surface area contributed by atoms with Crippen molar-refractivity contribution in [3.05, 3.63) is 100 Å². The summed E-state index contributed by atoms with van der Waals surface area (Å²) in [5.41, 5.74) is 3.11. The van der Waals surface area contributed by atoms with Crippen LogP contribution < -0.4 is 10.1 Å². The van der Waals surface area contributed by atoms with Crippen LogP contribution in [0.5, 0.6) is 5.75 Å². The van der Waals surface area contributed by atoms with E-state index in [1.807, 2.05) is 85.8 Å². The number of hydrogen-bond donors (Lipinski definition) is 1. The Morgan fingerprint density at radius 1 is 0.972 bits per heavy atom. The zero-order valence-corrected chi connectivity index (χ0v) is 22.2. The van der Waals surface area contributed by atoms with E-state index < -0.39 is 6.04 Å². The molecule has 0 saturated heterocycles. The molecule has 5 nitrogen and oxygen atoms in total. The van der Waals surface area contributed by atoms with Gasteiger partial charge in [0.05, 0.1) is 0 Å². The normalized spacial score (nSPS) is 14.3. The third kappa shape index (κ3) is 7.20. The topological polar surface area (TPSA) is 58.6 Å². The maximum atomic E-state index is 13.7. The van der Waals surface area contributed by atoms with Crippen LogP contribution in [0.2, 0.25) is 0 Å². The van der Waals surface area contributed by atoms with Crippen molar-refractivity contribution >= 4 is 27.7 Å². The van der Waals surface area contributed by atoms with E-state index in [4.69, 9.17) is 4.74 Å². The van der Waals surface area contributed by atoms with E-state index in [1.165, 1.54) is 0 Å². The Kier molecular flexibility index (Phi) is 9.17. The van der Waals surface area contributed by atoms with Gasteiger partial charge in [-0.25, -0.2) is 0 Å². The number of halogens is 1. The maximum Gasteiger partial charge on any atom is 0.261 e. The number of amides is 2. The molecule has 0 radical (unpaired) electrons. The van der Waals surface area contributed by atoms with Gasteiger partial charge < -0.3 is 15.0 Å². The van der Waals surface area contributed by atoms with Crippen molar-refractivity contribution in [2.45, 2.75) is 57.7 Å². The lowest BCUT2D eigenvalue weighted by Gasteiger charge is -2.32. The number of benzene rings is 3. The summed E-state index contributed by atoms with van der Waals surface area (Å²) in [7, 11) is 0. The zero-order chi connectivity index (χ0) is 25.3. The van der Waals surface area contributed by atoms with Crippen LogP contribution >= 0.6 is 15.9 Å². The highest BCUT2D eigenvalue weighted by molar-refractivity contribution is 9.10. The van der Waals surface area contributed by atoms with Gasteiger partial charge in [0, 0.05) is 23.5 Å². The highest BCUT2D eigenvalue weighted by Gasteiger charge is 2.32. The molecule has 188 valence electrons. The molecule has 1 N–H and O–H groups in total. The van der Waals surface area contributed by atoms with Gasteiger partial charge in [0.15, 0.2) is 6.61 Å². The second-order valence-electron chi connectivity index (χ2n) is 9.39. The highest BCUT2D eigenvalue weighted by atomic mass is 79.9. The van der Waals surface area contributed by atoms with Crippen LogP contribution in [-0.4, -0.2) is 35.4 Å². The van der Waals surface area contributed by atoms with E-state index in [9.17, 15) is 9.59 Å². The summed E-state index contributed by atoms with van der Waals surface area (Å²) >= 11 is 3.42. The summed E-state index contributed by atoms with van der Waals surface area (Å²) in [6.45, 7) is 2.22. The van der Waals surface area contributed by atoms with E-state index in [-0.39, 0.29) is 24.5 Å². The third-order valence-electron chi connectivity index (χ3n) is 6.75. The SMILES string of the molecule is Cc1ccccc1CN(C(=O)COc1ccc(Br)cc1)[C@H](Cc1ccccc1)C(=O)NC1CCCC1. The summed E-state index contributed by atoms with van der Waals surface area (Å²) in [6.07, 6.45) is 4.67. The fraction of sp³-hybridized carbons (Fsp3) is 0.333. The highest BCUT2D eigenvalue weighted by Crippen LogP contribution is 2.21. The number of aryl methyl sites for hydroxylation is 1. The van der Waals surface area contributed by atoms with Gasteiger partial charge in [-0.05, 0) is 60.7 Å². The first-order chi connectivity index (χ1) is 17.5. The van der Waals surface area contributed by atoms with Crippen molar-refractivity contribution in [2.24, 2.45) is 0 Å². The van der Waals surface area contributed by atoms with E-state index >= 15 is 0 Å². The minimum absolute atomic E-state index is 0.101. The van der Waals surface area contributed by atoms with Gasteiger partial charge >= 0.3 is 0 Å². The maximum absolute atomic E-state index is 13.7. The largest absolute Gasteiger partial charge is 0.484 e. The van der Waals surface area contributed by atoms with Crippen molar-refractivity contribution < 1.29 is 14.3 Å². The molecule has 1 saturated carbocycles. The average Bonchev–Trinajstić information content (AvgIpc) is 3.40. The Morgan fingerprint density at radius 3 is 2.33 bits per heavy atom. The van der Waals surface area contributed by atoms with Crippen LogP contribution in [-0.2, 0) is 22.6 Å². The van der Waals surface area contributed by atoms with Crippen molar-refractivity contribution in [3.63, 3.8) is 0 Å². The van der Waals surface area contributed by atoms with Gasteiger partial charge in [-0.1, -0.05) is 83.4 Å². The van der Waals surface area contributed by atoms with Crippen LogP contribution in [0.4, 0.5) is 0 Å². The number of carbonyl (C=O) groups excluding carboxylic acids is 2. The lowest BCUT2D eigenvalue weighted by molar-refractivity contribution is -0.143. The van der Waals surface area contributed by atoms with Crippen molar-refractivity contribution in [1.82, 2.24) is 10.2 Å².